The fourth-order valence-corrected chi connectivity index (χ4v) is 3.71. The third kappa shape index (κ3) is 5.26. The van der Waals surface area contributed by atoms with Gasteiger partial charge in [0.05, 0.1) is 6.54 Å². The monoisotopic (exact) mass is 295 g/mol. The number of hydrogen-bond acceptors (Lipinski definition) is 3. The Morgan fingerprint density at radius 3 is 2.29 bits per heavy atom. The van der Waals surface area contributed by atoms with Crippen LogP contribution in [-0.2, 0) is 4.79 Å². The van der Waals surface area contributed by atoms with E-state index in [2.05, 4.69) is 29.0 Å². The van der Waals surface area contributed by atoms with Crippen LogP contribution < -0.4 is 5.32 Å². The summed E-state index contributed by atoms with van der Waals surface area (Å²) < 4.78 is 0. The maximum atomic E-state index is 12.4. The van der Waals surface area contributed by atoms with Crippen molar-refractivity contribution in [1.29, 1.82) is 0 Å². The second-order valence-corrected chi connectivity index (χ2v) is 6.75. The summed E-state index contributed by atoms with van der Waals surface area (Å²) in [5, 5.41) is 3.54. The van der Waals surface area contributed by atoms with E-state index in [1.54, 1.807) is 0 Å². The van der Waals surface area contributed by atoms with Crippen LogP contribution in [0, 0.1) is 5.92 Å². The standard InChI is InChI=1S/C17H33N3O/c1-3-18-15(2)16-8-12-19(13-9-16)14-17(21)20-10-6-4-5-7-11-20/h15-16,18H,3-14H2,1-2H3. The number of likely N-dealkylation sites (tertiary alicyclic amines) is 2. The first kappa shape index (κ1) is 16.8. The minimum atomic E-state index is 0.357. The summed E-state index contributed by atoms with van der Waals surface area (Å²) in [6, 6.07) is 0.610. The van der Waals surface area contributed by atoms with Crippen LogP contribution in [0.4, 0.5) is 0 Å². The van der Waals surface area contributed by atoms with Crippen molar-refractivity contribution in [3.05, 3.63) is 0 Å². The highest BCUT2D eigenvalue weighted by atomic mass is 16.2. The maximum Gasteiger partial charge on any atom is 0.236 e. The van der Waals surface area contributed by atoms with Gasteiger partial charge in [-0.05, 0) is 58.2 Å². The quantitative estimate of drug-likeness (QED) is 0.844. The van der Waals surface area contributed by atoms with Gasteiger partial charge in [-0.1, -0.05) is 19.8 Å². The number of amides is 1. The van der Waals surface area contributed by atoms with E-state index in [1.165, 1.54) is 38.5 Å². The molecule has 0 aromatic rings. The predicted octanol–water partition coefficient (Wildman–Crippen LogP) is 2.10. The van der Waals surface area contributed by atoms with E-state index in [0.717, 1.165) is 38.6 Å². The van der Waals surface area contributed by atoms with Crippen LogP contribution in [0.25, 0.3) is 0 Å². The molecular formula is C17H33N3O. The van der Waals surface area contributed by atoms with E-state index < -0.39 is 0 Å². The molecule has 0 aromatic heterocycles. The minimum Gasteiger partial charge on any atom is -0.342 e. The number of nitrogens with zero attached hydrogens (tertiary/aromatic N) is 2. The summed E-state index contributed by atoms with van der Waals surface area (Å²) >= 11 is 0. The van der Waals surface area contributed by atoms with Crippen LogP contribution in [0.3, 0.4) is 0 Å². The normalized spacial score (nSPS) is 23.8. The first-order valence-electron chi connectivity index (χ1n) is 8.94. The van der Waals surface area contributed by atoms with Crippen molar-refractivity contribution in [1.82, 2.24) is 15.1 Å². The van der Waals surface area contributed by atoms with Crippen molar-refractivity contribution < 1.29 is 4.79 Å². The van der Waals surface area contributed by atoms with Crippen molar-refractivity contribution in [2.24, 2.45) is 5.92 Å². The Morgan fingerprint density at radius 2 is 1.71 bits per heavy atom. The molecule has 2 saturated heterocycles. The fraction of sp³-hybridized carbons (Fsp3) is 0.941. The van der Waals surface area contributed by atoms with Crippen LogP contribution in [0.1, 0.15) is 52.4 Å². The summed E-state index contributed by atoms with van der Waals surface area (Å²) in [6.07, 6.45) is 7.40. The largest absolute Gasteiger partial charge is 0.342 e. The molecule has 0 saturated carbocycles. The van der Waals surface area contributed by atoms with E-state index in [4.69, 9.17) is 0 Å². The van der Waals surface area contributed by atoms with Crippen molar-refractivity contribution in [2.75, 3.05) is 39.3 Å². The molecule has 4 heteroatoms. The number of rotatable bonds is 5. The molecule has 0 radical (unpaired) electrons. The van der Waals surface area contributed by atoms with Gasteiger partial charge in [-0.3, -0.25) is 9.69 Å². The number of hydrogen-bond donors (Lipinski definition) is 1. The van der Waals surface area contributed by atoms with E-state index in [9.17, 15) is 4.79 Å². The first-order valence-corrected chi connectivity index (χ1v) is 8.94. The van der Waals surface area contributed by atoms with E-state index in [-0.39, 0.29) is 0 Å². The SMILES string of the molecule is CCNC(C)C1CCN(CC(=O)N2CCCCCC2)CC1. The van der Waals surface area contributed by atoms with Gasteiger partial charge in [0.15, 0.2) is 0 Å². The van der Waals surface area contributed by atoms with E-state index in [1.807, 2.05) is 0 Å². The van der Waals surface area contributed by atoms with Crippen LogP contribution in [-0.4, -0.2) is 61.0 Å². The van der Waals surface area contributed by atoms with Crippen LogP contribution in [0.5, 0.6) is 0 Å². The highest BCUT2D eigenvalue weighted by Crippen LogP contribution is 2.20. The Hall–Kier alpha value is -0.610. The number of carbonyl (C=O) groups excluding carboxylic acids is 1. The Morgan fingerprint density at radius 1 is 1.10 bits per heavy atom. The lowest BCUT2D eigenvalue weighted by Crippen LogP contribution is -2.46. The average molecular weight is 295 g/mol. The first-order chi connectivity index (χ1) is 10.2. The molecule has 1 amide bonds. The highest BCUT2D eigenvalue weighted by Gasteiger charge is 2.25. The molecule has 122 valence electrons. The number of carbonyl (C=O) groups is 1. The van der Waals surface area contributed by atoms with Gasteiger partial charge in [-0.2, -0.15) is 0 Å². The van der Waals surface area contributed by atoms with Gasteiger partial charge in [-0.15, -0.1) is 0 Å². The topological polar surface area (TPSA) is 35.6 Å². The lowest BCUT2D eigenvalue weighted by molar-refractivity contribution is -0.132. The molecular weight excluding hydrogens is 262 g/mol. The van der Waals surface area contributed by atoms with E-state index in [0.29, 0.717) is 18.5 Å². The molecule has 0 bridgehead atoms. The van der Waals surface area contributed by atoms with Crippen LogP contribution in [0.2, 0.25) is 0 Å². The van der Waals surface area contributed by atoms with Crippen molar-refractivity contribution in [2.45, 2.75) is 58.4 Å². The fourth-order valence-electron chi connectivity index (χ4n) is 3.71. The lowest BCUT2D eigenvalue weighted by atomic mass is 9.90. The Balaban J connectivity index is 1.71. The second kappa shape index (κ2) is 8.74. The lowest BCUT2D eigenvalue weighted by Gasteiger charge is -2.35. The molecule has 1 N–H and O–H groups in total. The maximum absolute atomic E-state index is 12.4. The summed E-state index contributed by atoms with van der Waals surface area (Å²) in [5.41, 5.74) is 0. The Kier molecular flexibility index (Phi) is 6.97. The van der Waals surface area contributed by atoms with Crippen molar-refractivity contribution >= 4 is 5.91 Å². The average Bonchev–Trinajstić information content (AvgIpc) is 2.77. The van der Waals surface area contributed by atoms with Gasteiger partial charge >= 0.3 is 0 Å². The van der Waals surface area contributed by atoms with Crippen molar-refractivity contribution in [3.8, 4) is 0 Å². The zero-order chi connectivity index (χ0) is 15.1. The molecule has 1 atom stereocenters. The van der Waals surface area contributed by atoms with Gasteiger partial charge in [0.2, 0.25) is 5.91 Å². The zero-order valence-corrected chi connectivity index (χ0v) is 13.9. The molecule has 2 fully saturated rings. The summed E-state index contributed by atoms with van der Waals surface area (Å²) in [7, 11) is 0. The molecule has 0 aliphatic carbocycles. The molecule has 0 aromatic carbocycles. The van der Waals surface area contributed by atoms with Gasteiger partial charge in [0.25, 0.3) is 0 Å². The molecule has 2 aliphatic heterocycles. The van der Waals surface area contributed by atoms with Crippen LogP contribution in [0.15, 0.2) is 0 Å². The smallest absolute Gasteiger partial charge is 0.236 e. The summed E-state index contributed by atoms with van der Waals surface area (Å²) in [6.45, 7) is 10.3. The van der Waals surface area contributed by atoms with Gasteiger partial charge in [0.1, 0.15) is 0 Å². The third-order valence-electron chi connectivity index (χ3n) is 5.18. The van der Waals surface area contributed by atoms with E-state index >= 15 is 0 Å². The predicted molar refractivity (Wildman–Crippen MR) is 87.4 cm³/mol. The number of nitrogens with one attached hydrogen (secondary N) is 1. The van der Waals surface area contributed by atoms with Gasteiger partial charge in [0, 0.05) is 19.1 Å². The number of piperidine rings is 1. The van der Waals surface area contributed by atoms with Crippen molar-refractivity contribution in [3.63, 3.8) is 0 Å². The molecule has 2 rings (SSSR count). The Bertz CT molecular complexity index is 305. The molecule has 2 heterocycles. The van der Waals surface area contributed by atoms with Gasteiger partial charge in [-0.25, -0.2) is 0 Å². The summed E-state index contributed by atoms with van der Waals surface area (Å²) in [5.74, 6) is 1.13. The Labute approximate surface area is 130 Å². The molecule has 4 nitrogen and oxygen atoms in total. The highest BCUT2D eigenvalue weighted by molar-refractivity contribution is 5.78. The zero-order valence-electron chi connectivity index (χ0n) is 13.9. The second-order valence-electron chi connectivity index (χ2n) is 6.75. The molecule has 1 unspecified atom stereocenters. The van der Waals surface area contributed by atoms with Gasteiger partial charge < -0.3 is 10.2 Å². The minimum absolute atomic E-state index is 0.357. The molecule has 21 heavy (non-hydrogen) atoms. The summed E-state index contributed by atoms with van der Waals surface area (Å²) in [4.78, 5) is 16.9. The molecule has 2 aliphatic rings. The van der Waals surface area contributed by atoms with Crippen LogP contribution >= 0.6 is 0 Å². The third-order valence-corrected chi connectivity index (χ3v) is 5.18. The molecule has 0 spiro atoms.